The highest BCUT2D eigenvalue weighted by Gasteiger charge is 1.80. The van der Waals surface area contributed by atoms with Crippen LogP contribution in [0.2, 0.25) is 0 Å². The van der Waals surface area contributed by atoms with E-state index in [0.717, 1.165) is 17.7 Å². The van der Waals surface area contributed by atoms with Crippen molar-refractivity contribution in [2.45, 2.75) is 27.2 Å². The second-order valence-electron chi connectivity index (χ2n) is 2.35. The molecule has 56 valence electrons. The summed E-state index contributed by atoms with van der Waals surface area (Å²) in [6, 6.07) is 0. The van der Waals surface area contributed by atoms with Crippen LogP contribution in [0.5, 0.6) is 0 Å². The molecule has 0 fully saturated rings. The normalized spacial score (nSPS) is 12.5. The molecule has 0 aromatic heterocycles. The van der Waals surface area contributed by atoms with Crippen molar-refractivity contribution in [1.29, 1.82) is 0 Å². The maximum atomic E-state index is 4.16. The minimum atomic E-state index is 0.987. The monoisotopic (exact) mass is 137 g/mol. The number of rotatable bonds is 3. The first-order valence-corrected chi connectivity index (χ1v) is 3.53. The zero-order valence-corrected chi connectivity index (χ0v) is 7.02. The highest BCUT2D eigenvalue weighted by atomic mass is 14.7. The molecule has 0 amide bonds. The third-order valence-corrected chi connectivity index (χ3v) is 0.933. The van der Waals surface area contributed by atoms with Crippen LogP contribution in [0.25, 0.3) is 0 Å². The van der Waals surface area contributed by atoms with Crippen LogP contribution in [0, 0.1) is 0 Å². The molecular formula is C9H15N. The van der Waals surface area contributed by atoms with Gasteiger partial charge in [-0.25, -0.2) is 0 Å². The van der Waals surface area contributed by atoms with E-state index in [2.05, 4.69) is 18.5 Å². The Morgan fingerprint density at radius 2 is 2.10 bits per heavy atom. The van der Waals surface area contributed by atoms with Gasteiger partial charge in [-0.1, -0.05) is 19.1 Å². The van der Waals surface area contributed by atoms with E-state index in [1.54, 1.807) is 0 Å². The van der Waals surface area contributed by atoms with Gasteiger partial charge in [0.2, 0.25) is 0 Å². The van der Waals surface area contributed by atoms with Gasteiger partial charge in [0.15, 0.2) is 0 Å². The predicted octanol–water partition coefficient (Wildman–Crippen LogP) is 2.95. The summed E-state index contributed by atoms with van der Waals surface area (Å²) >= 11 is 0. The summed E-state index contributed by atoms with van der Waals surface area (Å²) in [6.45, 7) is 9.76. The zero-order valence-electron chi connectivity index (χ0n) is 7.02. The van der Waals surface area contributed by atoms with Crippen molar-refractivity contribution in [2.24, 2.45) is 4.99 Å². The number of hydrogen-bond acceptors (Lipinski definition) is 1. The number of allylic oxidation sites excluding steroid dienone is 3. The van der Waals surface area contributed by atoms with Crippen LogP contribution >= 0.6 is 0 Å². The average molecular weight is 137 g/mol. The van der Waals surface area contributed by atoms with Crippen molar-refractivity contribution < 1.29 is 0 Å². The maximum Gasteiger partial charge on any atom is 0.0371 e. The summed E-state index contributed by atoms with van der Waals surface area (Å²) in [5.74, 6) is 0. The van der Waals surface area contributed by atoms with Gasteiger partial charge in [0.25, 0.3) is 0 Å². The van der Waals surface area contributed by atoms with E-state index in [-0.39, 0.29) is 0 Å². The Hall–Kier alpha value is -0.850. The molecule has 1 nitrogen and oxygen atoms in total. The largest absolute Gasteiger partial charge is 0.266 e. The third-order valence-electron chi connectivity index (χ3n) is 0.933. The van der Waals surface area contributed by atoms with Crippen LogP contribution in [-0.2, 0) is 0 Å². The van der Waals surface area contributed by atoms with Crippen molar-refractivity contribution >= 4 is 6.21 Å². The molecule has 0 heterocycles. The van der Waals surface area contributed by atoms with Gasteiger partial charge in [-0.15, -0.1) is 0 Å². The molecule has 1 heteroatoms. The summed E-state index contributed by atoms with van der Waals surface area (Å²) in [6.07, 6.45) is 4.85. The highest BCUT2D eigenvalue weighted by molar-refractivity contribution is 5.58. The van der Waals surface area contributed by atoms with Crippen molar-refractivity contribution in [3.8, 4) is 0 Å². The lowest BCUT2D eigenvalue weighted by Gasteiger charge is -1.90. The van der Waals surface area contributed by atoms with Gasteiger partial charge < -0.3 is 0 Å². The van der Waals surface area contributed by atoms with E-state index >= 15 is 0 Å². The third kappa shape index (κ3) is 5.29. The Bertz CT molecular complexity index is 164. The van der Waals surface area contributed by atoms with Crippen molar-refractivity contribution in [2.75, 3.05) is 0 Å². The van der Waals surface area contributed by atoms with Crippen molar-refractivity contribution in [1.82, 2.24) is 0 Å². The minimum Gasteiger partial charge on any atom is -0.266 e. The second kappa shape index (κ2) is 4.98. The molecule has 0 aromatic rings. The Balaban J connectivity index is 3.94. The van der Waals surface area contributed by atoms with E-state index in [9.17, 15) is 0 Å². The molecule has 0 N–H and O–H groups in total. The summed E-state index contributed by atoms with van der Waals surface area (Å²) in [5, 5.41) is 0. The fourth-order valence-corrected chi connectivity index (χ4v) is 0.629. The molecule has 0 radical (unpaired) electrons. The highest BCUT2D eigenvalue weighted by Crippen LogP contribution is 1.99. The maximum absolute atomic E-state index is 4.16. The Morgan fingerprint density at radius 1 is 1.50 bits per heavy atom. The van der Waals surface area contributed by atoms with Gasteiger partial charge in [0.05, 0.1) is 0 Å². The summed E-state index contributed by atoms with van der Waals surface area (Å²) < 4.78 is 0. The molecule has 0 saturated carbocycles. The molecule has 0 aliphatic rings. The van der Waals surface area contributed by atoms with E-state index in [1.807, 2.05) is 26.1 Å². The van der Waals surface area contributed by atoms with Gasteiger partial charge in [0, 0.05) is 11.9 Å². The van der Waals surface area contributed by atoms with E-state index in [4.69, 9.17) is 0 Å². The Labute approximate surface area is 63.2 Å². The Morgan fingerprint density at radius 3 is 2.50 bits per heavy atom. The predicted molar refractivity (Wildman–Crippen MR) is 47.4 cm³/mol. The van der Waals surface area contributed by atoms with Crippen LogP contribution in [0.3, 0.4) is 0 Å². The second-order valence-corrected chi connectivity index (χ2v) is 2.35. The van der Waals surface area contributed by atoms with Crippen LogP contribution in [0.15, 0.2) is 28.9 Å². The van der Waals surface area contributed by atoms with Crippen LogP contribution in [0.1, 0.15) is 27.2 Å². The fraction of sp³-hybridized carbons (Fsp3) is 0.444. The molecule has 0 aliphatic carbocycles. The molecule has 0 bridgehead atoms. The van der Waals surface area contributed by atoms with Crippen LogP contribution in [0.4, 0.5) is 0 Å². The van der Waals surface area contributed by atoms with E-state index < -0.39 is 0 Å². The number of hydrogen-bond donors (Lipinski definition) is 0. The first-order chi connectivity index (χ1) is 4.66. The smallest absolute Gasteiger partial charge is 0.0371 e. The molecule has 0 aliphatic heterocycles. The minimum absolute atomic E-state index is 0.987. The van der Waals surface area contributed by atoms with E-state index in [0.29, 0.717) is 0 Å². The lowest BCUT2D eigenvalue weighted by molar-refractivity contribution is 1.24. The van der Waals surface area contributed by atoms with Gasteiger partial charge >= 0.3 is 0 Å². The molecule has 0 unspecified atom stereocenters. The molecule has 0 atom stereocenters. The standard InChI is InChI=1S/C9H15N/c1-5-6-10-9(4)7-8(2)3/h6-7H,2,5H2,1,3-4H3/b9-7-,10-6?. The average Bonchev–Trinajstić information content (AvgIpc) is 1.82. The van der Waals surface area contributed by atoms with Crippen molar-refractivity contribution in [3.05, 3.63) is 23.9 Å². The molecule has 0 aromatic carbocycles. The topological polar surface area (TPSA) is 12.4 Å². The first kappa shape index (κ1) is 9.15. The lowest BCUT2D eigenvalue weighted by Crippen LogP contribution is -1.73. The molecule has 0 saturated heterocycles. The molecule has 0 rings (SSSR count). The molecule has 0 spiro atoms. The number of aliphatic imine (C=N–C) groups is 1. The van der Waals surface area contributed by atoms with E-state index in [1.165, 1.54) is 0 Å². The van der Waals surface area contributed by atoms with Crippen LogP contribution < -0.4 is 0 Å². The van der Waals surface area contributed by atoms with Gasteiger partial charge in [-0.05, 0) is 26.3 Å². The molecular weight excluding hydrogens is 122 g/mol. The Kier molecular flexibility index (Phi) is 4.55. The first-order valence-electron chi connectivity index (χ1n) is 3.53. The van der Waals surface area contributed by atoms with Gasteiger partial charge in [0.1, 0.15) is 0 Å². The van der Waals surface area contributed by atoms with Gasteiger partial charge in [-0.2, -0.15) is 0 Å². The summed E-state index contributed by atoms with van der Waals surface area (Å²) in [7, 11) is 0. The van der Waals surface area contributed by atoms with Crippen molar-refractivity contribution in [3.63, 3.8) is 0 Å². The summed E-state index contributed by atoms with van der Waals surface area (Å²) in [5.41, 5.74) is 2.07. The zero-order chi connectivity index (χ0) is 7.98. The SMILES string of the molecule is C=C(C)/C=C(/C)N=CCC. The van der Waals surface area contributed by atoms with Crippen LogP contribution in [-0.4, -0.2) is 6.21 Å². The van der Waals surface area contributed by atoms with Gasteiger partial charge in [-0.3, -0.25) is 4.99 Å². The fourth-order valence-electron chi connectivity index (χ4n) is 0.629. The quantitative estimate of drug-likeness (QED) is 0.419. The lowest BCUT2D eigenvalue weighted by atomic mass is 10.3. The number of nitrogens with zero attached hydrogens (tertiary/aromatic N) is 1. The summed E-state index contributed by atoms with van der Waals surface area (Å²) in [4.78, 5) is 4.16. The molecule has 10 heavy (non-hydrogen) atoms.